The normalized spacial score (nSPS) is 16.8. The second-order valence-corrected chi connectivity index (χ2v) is 7.58. The van der Waals surface area contributed by atoms with E-state index in [1.54, 1.807) is 18.5 Å². The maximum atomic E-state index is 12.7. The van der Waals surface area contributed by atoms with Crippen molar-refractivity contribution in [2.24, 2.45) is 0 Å². The zero-order chi connectivity index (χ0) is 18.6. The fourth-order valence-electron chi connectivity index (χ4n) is 3.65. The topological polar surface area (TPSA) is 64.2 Å². The lowest BCUT2D eigenvalue weighted by atomic mass is 10.1. The molecule has 1 atom stereocenters. The first-order valence-corrected chi connectivity index (χ1v) is 9.97. The Bertz CT molecular complexity index is 906. The monoisotopic (exact) mass is 428 g/mol. The second kappa shape index (κ2) is 8.08. The standard InChI is InChI=1S/C20H21BrN4O2/c21-18-10-9-17(27-18)20(26)25-12-4-7-16(25)8-11-19-23-22-14-24(19)13-15-5-2-1-3-6-15/h1-3,5-6,9-10,14,16H,4,7-8,11-13H2. The van der Waals surface area contributed by atoms with Crippen LogP contribution in [0.1, 0.15) is 41.2 Å². The van der Waals surface area contributed by atoms with Crippen molar-refractivity contribution in [3.63, 3.8) is 0 Å². The van der Waals surface area contributed by atoms with Crippen molar-refractivity contribution >= 4 is 21.8 Å². The van der Waals surface area contributed by atoms with E-state index in [0.29, 0.717) is 10.4 Å². The highest BCUT2D eigenvalue weighted by Gasteiger charge is 2.31. The Hall–Kier alpha value is -2.41. The number of benzene rings is 1. The third kappa shape index (κ3) is 4.13. The van der Waals surface area contributed by atoms with Crippen molar-refractivity contribution in [1.82, 2.24) is 19.7 Å². The van der Waals surface area contributed by atoms with Crippen molar-refractivity contribution in [2.45, 2.75) is 38.3 Å². The molecule has 1 saturated heterocycles. The van der Waals surface area contributed by atoms with Gasteiger partial charge in [-0.1, -0.05) is 30.3 Å². The largest absolute Gasteiger partial charge is 0.444 e. The van der Waals surface area contributed by atoms with Crippen LogP contribution in [0, 0.1) is 0 Å². The van der Waals surface area contributed by atoms with Gasteiger partial charge in [-0.15, -0.1) is 10.2 Å². The molecule has 0 radical (unpaired) electrons. The Morgan fingerprint density at radius 1 is 1.22 bits per heavy atom. The molecule has 0 saturated carbocycles. The van der Waals surface area contributed by atoms with E-state index in [1.165, 1.54) is 5.56 Å². The van der Waals surface area contributed by atoms with Crippen molar-refractivity contribution < 1.29 is 9.21 Å². The SMILES string of the molecule is O=C(c1ccc(Br)o1)N1CCCC1CCc1nncn1Cc1ccccc1. The number of furan rings is 1. The fourth-order valence-corrected chi connectivity index (χ4v) is 3.96. The molecule has 3 aromatic rings. The summed E-state index contributed by atoms with van der Waals surface area (Å²) in [7, 11) is 0. The van der Waals surface area contributed by atoms with Gasteiger partial charge in [0, 0.05) is 19.0 Å². The van der Waals surface area contributed by atoms with Crippen LogP contribution in [0.5, 0.6) is 0 Å². The van der Waals surface area contributed by atoms with Crippen molar-refractivity contribution in [1.29, 1.82) is 0 Å². The van der Waals surface area contributed by atoms with E-state index >= 15 is 0 Å². The number of hydrogen-bond donors (Lipinski definition) is 0. The molecule has 140 valence electrons. The predicted molar refractivity (Wildman–Crippen MR) is 104 cm³/mol. The van der Waals surface area contributed by atoms with Gasteiger partial charge in [-0.05, 0) is 52.9 Å². The van der Waals surface area contributed by atoms with Gasteiger partial charge in [0.25, 0.3) is 5.91 Å². The zero-order valence-corrected chi connectivity index (χ0v) is 16.5. The maximum Gasteiger partial charge on any atom is 0.289 e. The maximum absolute atomic E-state index is 12.7. The van der Waals surface area contributed by atoms with Gasteiger partial charge in [-0.25, -0.2) is 0 Å². The van der Waals surface area contributed by atoms with Crippen LogP contribution in [0.25, 0.3) is 0 Å². The third-order valence-electron chi connectivity index (χ3n) is 5.01. The van der Waals surface area contributed by atoms with Gasteiger partial charge in [0.05, 0.1) is 6.54 Å². The van der Waals surface area contributed by atoms with Crippen LogP contribution in [-0.4, -0.2) is 38.2 Å². The number of amides is 1. The predicted octanol–water partition coefficient (Wildman–Crippen LogP) is 3.92. The van der Waals surface area contributed by atoms with Crippen molar-refractivity contribution in [3.8, 4) is 0 Å². The van der Waals surface area contributed by atoms with Gasteiger partial charge in [0.15, 0.2) is 10.4 Å². The Morgan fingerprint density at radius 2 is 2.07 bits per heavy atom. The summed E-state index contributed by atoms with van der Waals surface area (Å²) in [4.78, 5) is 14.7. The molecule has 0 bridgehead atoms. The van der Waals surface area contributed by atoms with E-state index in [1.807, 2.05) is 23.1 Å². The van der Waals surface area contributed by atoms with Crippen LogP contribution < -0.4 is 0 Å². The Labute approximate surface area is 166 Å². The van der Waals surface area contributed by atoms with E-state index < -0.39 is 0 Å². The number of likely N-dealkylation sites (tertiary alicyclic amines) is 1. The molecule has 0 spiro atoms. The molecular formula is C20H21BrN4O2. The fraction of sp³-hybridized carbons (Fsp3) is 0.350. The molecule has 7 heteroatoms. The van der Waals surface area contributed by atoms with Gasteiger partial charge in [-0.2, -0.15) is 0 Å². The summed E-state index contributed by atoms with van der Waals surface area (Å²) in [6, 6.07) is 14.0. The van der Waals surface area contributed by atoms with E-state index in [2.05, 4.69) is 42.8 Å². The molecular weight excluding hydrogens is 408 g/mol. The smallest absolute Gasteiger partial charge is 0.289 e. The lowest BCUT2D eigenvalue weighted by Crippen LogP contribution is -2.35. The number of halogens is 1. The van der Waals surface area contributed by atoms with Crippen LogP contribution in [0.2, 0.25) is 0 Å². The quantitative estimate of drug-likeness (QED) is 0.596. The average molecular weight is 429 g/mol. The van der Waals surface area contributed by atoms with E-state index in [0.717, 1.165) is 44.6 Å². The van der Waals surface area contributed by atoms with Crippen LogP contribution in [-0.2, 0) is 13.0 Å². The molecule has 1 aromatic carbocycles. The third-order valence-corrected chi connectivity index (χ3v) is 5.44. The summed E-state index contributed by atoms with van der Waals surface area (Å²) in [6.07, 6.45) is 5.49. The number of aromatic nitrogens is 3. The molecule has 2 aromatic heterocycles. The summed E-state index contributed by atoms with van der Waals surface area (Å²) >= 11 is 3.26. The van der Waals surface area contributed by atoms with Crippen LogP contribution in [0.15, 0.2) is 57.9 Å². The molecule has 4 rings (SSSR count). The lowest BCUT2D eigenvalue weighted by molar-refractivity contribution is 0.0696. The van der Waals surface area contributed by atoms with E-state index in [9.17, 15) is 4.79 Å². The number of nitrogens with zero attached hydrogens (tertiary/aromatic N) is 4. The molecule has 27 heavy (non-hydrogen) atoms. The van der Waals surface area contributed by atoms with Crippen LogP contribution >= 0.6 is 15.9 Å². The van der Waals surface area contributed by atoms with Gasteiger partial charge < -0.3 is 13.9 Å². The molecule has 0 aliphatic carbocycles. The summed E-state index contributed by atoms with van der Waals surface area (Å²) in [5.74, 6) is 1.31. The number of carbonyl (C=O) groups is 1. The average Bonchev–Trinajstić information content (AvgIpc) is 3.41. The Kier molecular flexibility index (Phi) is 5.38. The van der Waals surface area contributed by atoms with Gasteiger partial charge >= 0.3 is 0 Å². The first-order valence-electron chi connectivity index (χ1n) is 9.17. The molecule has 1 aliphatic heterocycles. The minimum absolute atomic E-state index is 0.0334. The number of carbonyl (C=O) groups excluding carboxylic acids is 1. The van der Waals surface area contributed by atoms with E-state index in [4.69, 9.17) is 4.42 Å². The molecule has 6 nitrogen and oxygen atoms in total. The van der Waals surface area contributed by atoms with Gasteiger partial charge in [0.1, 0.15) is 12.2 Å². The first-order chi connectivity index (χ1) is 13.2. The summed E-state index contributed by atoms with van der Waals surface area (Å²) in [5, 5.41) is 8.37. The molecule has 1 amide bonds. The highest BCUT2D eigenvalue weighted by molar-refractivity contribution is 9.10. The highest BCUT2D eigenvalue weighted by atomic mass is 79.9. The van der Waals surface area contributed by atoms with Crippen LogP contribution in [0.3, 0.4) is 0 Å². The van der Waals surface area contributed by atoms with Crippen molar-refractivity contribution in [3.05, 3.63) is 70.6 Å². The van der Waals surface area contributed by atoms with E-state index in [-0.39, 0.29) is 11.9 Å². The molecule has 1 aliphatic rings. The van der Waals surface area contributed by atoms with Crippen molar-refractivity contribution in [2.75, 3.05) is 6.54 Å². The summed E-state index contributed by atoms with van der Waals surface area (Å²) in [6.45, 7) is 1.54. The summed E-state index contributed by atoms with van der Waals surface area (Å²) in [5.41, 5.74) is 1.22. The zero-order valence-electron chi connectivity index (χ0n) is 14.9. The van der Waals surface area contributed by atoms with Crippen LogP contribution in [0.4, 0.5) is 0 Å². The molecule has 1 fully saturated rings. The minimum Gasteiger partial charge on any atom is -0.444 e. The van der Waals surface area contributed by atoms with Gasteiger partial charge in [0.2, 0.25) is 0 Å². The molecule has 3 heterocycles. The summed E-state index contributed by atoms with van der Waals surface area (Å²) < 4.78 is 8.10. The first kappa shape index (κ1) is 18.0. The lowest BCUT2D eigenvalue weighted by Gasteiger charge is -2.23. The number of aryl methyl sites for hydroxylation is 1. The minimum atomic E-state index is -0.0334. The Morgan fingerprint density at radius 3 is 2.85 bits per heavy atom. The second-order valence-electron chi connectivity index (χ2n) is 6.80. The number of hydrogen-bond acceptors (Lipinski definition) is 4. The van der Waals surface area contributed by atoms with Gasteiger partial charge in [-0.3, -0.25) is 4.79 Å². The Balaban J connectivity index is 1.40. The molecule has 0 N–H and O–H groups in total. The molecule has 1 unspecified atom stereocenters. The highest BCUT2D eigenvalue weighted by Crippen LogP contribution is 2.25. The number of rotatable bonds is 6.